The summed E-state index contributed by atoms with van der Waals surface area (Å²) in [6, 6.07) is 15.0. The largest absolute Gasteiger partial charge is 0.496 e. The molecule has 1 heterocycles. The van der Waals surface area contributed by atoms with Gasteiger partial charge >= 0.3 is 0 Å². The molecule has 0 radical (unpaired) electrons. The van der Waals surface area contributed by atoms with E-state index in [-0.39, 0.29) is 17.7 Å². The molecule has 1 amide bonds. The molecule has 1 aromatic heterocycles. The molecule has 0 aliphatic carbocycles. The van der Waals surface area contributed by atoms with E-state index in [1.54, 1.807) is 13.2 Å². The molecule has 0 saturated carbocycles. The van der Waals surface area contributed by atoms with E-state index in [9.17, 15) is 4.79 Å². The Morgan fingerprint density at radius 2 is 1.72 bits per heavy atom. The zero-order chi connectivity index (χ0) is 20.6. The third kappa shape index (κ3) is 5.44. The van der Waals surface area contributed by atoms with Gasteiger partial charge in [0, 0.05) is 12.1 Å². The van der Waals surface area contributed by atoms with E-state index < -0.39 is 0 Å². The minimum Gasteiger partial charge on any atom is -0.496 e. The van der Waals surface area contributed by atoms with E-state index in [0.29, 0.717) is 23.8 Å². The van der Waals surface area contributed by atoms with Crippen LogP contribution >= 0.6 is 0 Å². The standard InChI is InChI=1S/C22H24N4O3/c1-15(2)29-20-11-7-5-9-17(20)26-22(27)18-13-25-21(14-23-18)24-12-16-8-4-6-10-19(16)28-3/h4-11,13-15H,12H2,1-3H3,(H,24,25)(H,26,27). The normalized spacial score (nSPS) is 10.5. The Labute approximate surface area is 170 Å². The molecule has 0 bridgehead atoms. The summed E-state index contributed by atoms with van der Waals surface area (Å²) >= 11 is 0. The smallest absolute Gasteiger partial charge is 0.275 e. The average molecular weight is 392 g/mol. The number of hydrogen-bond donors (Lipinski definition) is 2. The van der Waals surface area contributed by atoms with Crippen LogP contribution in [0.3, 0.4) is 0 Å². The maximum atomic E-state index is 12.5. The molecule has 29 heavy (non-hydrogen) atoms. The predicted octanol–water partition coefficient (Wildman–Crippen LogP) is 4.14. The minimum absolute atomic E-state index is 0.00133. The number of nitrogens with one attached hydrogen (secondary N) is 2. The van der Waals surface area contributed by atoms with Gasteiger partial charge in [0.05, 0.1) is 31.3 Å². The number of aromatic nitrogens is 2. The molecule has 0 atom stereocenters. The predicted molar refractivity (Wildman–Crippen MR) is 113 cm³/mol. The summed E-state index contributed by atoms with van der Waals surface area (Å²) in [7, 11) is 1.64. The van der Waals surface area contributed by atoms with E-state index in [1.165, 1.54) is 12.4 Å². The van der Waals surface area contributed by atoms with E-state index in [4.69, 9.17) is 9.47 Å². The van der Waals surface area contributed by atoms with Crippen LogP contribution in [-0.4, -0.2) is 29.1 Å². The highest BCUT2D eigenvalue weighted by Crippen LogP contribution is 2.25. The lowest BCUT2D eigenvalue weighted by Crippen LogP contribution is -2.16. The number of anilines is 2. The fourth-order valence-electron chi connectivity index (χ4n) is 2.68. The van der Waals surface area contributed by atoms with Gasteiger partial charge in [-0.1, -0.05) is 30.3 Å². The monoisotopic (exact) mass is 392 g/mol. The lowest BCUT2D eigenvalue weighted by Gasteiger charge is -2.14. The second kappa shape index (κ2) is 9.54. The Morgan fingerprint density at radius 3 is 2.41 bits per heavy atom. The Balaban J connectivity index is 1.63. The van der Waals surface area contributed by atoms with Gasteiger partial charge in [0.2, 0.25) is 0 Å². The molecule has 2 N–H and O–H groups in total. The first-order chi connectivity index (χ1) is 14.1. The van der Waals surface area contributed by atoms with Gasteiger partial charge in [-0.05, 0) is 32.0 Å². The molecule has 3 aromatic rings. The van der Waals surface area contributed by atoms with Gasteiger partial charge in [-0.3, -0.25) is 4.79 Å². The summed E-state index contributed by atoms with van der Waals surface area (Å²) in [5.74, 6) is 1.62. The fourth-order valence-corrected chi connectivity index (χ4v) is 2.68. The zero-order valence-electron chi connectivity index (χ0n) is 16.7. The van der Waals surface area contributed by atoms with Crippen molar-refractivity contribution in [1.82, 2.24) is 9.97 Å². The van der Waals surface area contributed by atoms with Crippen LogP contribution < -0.4 is 20.1 Å². The van der Waals surface area contributed by atoms with E-state index in [1.807, 2.05) is 56.3 Å². The van der Waals surface area contributed by atoms with Crippen molar-refractivity contribution in [2.45, 2.75) is 26.5 Å². The first-order valence-corrected chi connectivity index (χ1v) is 9.31. The van der Waals surface area contributed by atoms with Crippen molar-refractivity contribution >= 4 is 17.4 Å². The molecule has 7 nitrogen and oxygen atoms in total. The van der Waals surface area contributed by atoms with Crippen molar-refractivity contribution in [3.8, 4) is 11.5 Å². The number of para-hydroxylation sites is 3. The number of ether oxygens (including phenoxy) is 2. The van der Waals surface area contributed by atoms with Crippen LogP contribution in [0.2, 0.25) is 0 Å². The number of nitrogens with zero attached hydrogens (tertiary/aromatic N) is 2. The van der Waals surface area contributed by atoms with Crippen LogP contribution in [0, 0.1) is 0 Å². The number of methoxy groups -OCH3 is 1. The molecule has 7 heteroatoms. The summed E-state index contributed by atoms with van der Waals surface area (Å²) in [4.78, 5) is 21.0. The van der Waals surface area contributed by atoms with Crippen molar-refractivity contribution < 1.29 is 14.3 Å². The van der Waals surface area contributed by atoms with Gasteiger partial charge in [-0.2, -0.15) is 0 Å². The summed E-state index contributed by atoms with van der Waals surface area (Å²) in [5.41, 5.74) is 1.80. The van der Waals surface area contributed by atoms with Crippen LogP contribution in [0.25, 0.3) is 0 Å². The van der Waals surface area contributed by atoms with Gasteiger partial charge < -0.3 is 20.1 Å². The summed E-state index contributed by atoms with van der Waals surface area (Å²) in [6.07, 6.45) is 2.97. The Morgan fingerprint density at radius 1 is 1.00 bits per heavy atom. The summed E-state index contributed by atoms with van der Waals surface area (Å²) in [5, 5.41) is 6.00. The molecule has 0 spiro atoms. The third-order valence-corrected chi connectivity index (χ3v) is 4.03. The highest BCUT2D eigenvalue weighted by molar-refractivity contribution is 6.03. The Hall–Kier alpha value is -3.61. The highest BCUT2D eigenvalue weighted by Gasteiger charge is 2.12. The van der Waals surface area contributed by atoms with Crippen LogP contribution in [0.1, 0.15) is 29.9 Å². The van der Waals surface area contributed by atoms with E-state index in [0.717, 1.165) is 11.3 Å². The molecule has 0 aliphatic heterocycles. The van der Waals surface area contributed by atoms with Crippen LogP contribution in [0.15, 0.2) is 60.9 Å². The number of carbonyl (C=O) groups is 1. The van der Waals surface area contributed by atoms with Crippen molar-refractivity contribution in [3.63, 3.8) is 0 Å². The Bertz CT molecular complexity index is 958. The van der Waals surface area contributed by atoms with Gasteiger partial charge in [-0.15, -0.1) is 0 Å². The lowest BCUT2D eigenvalue weighted by atomic mass is 10.2. The van der Waals surface area contributed by atoms with Crippen LogP contribution in [0.4, 0.5) is 11.5 Å². The second-order valence-corrected chi connectivity index (χ2v) is 6.57. The maximum Gasteiger partial charge on any atom is 0.275 e. The molecule has 0 aliphatic rings. The van der Waals surface area contributed by atoms with Gasteiger partial charge in [-0.25, -0.2) is 9.97 Å². The van der Waals surface area contributed by atoms with Crippen molar-refractivity contribution in [3.05, 3.63) is 72.2 Å². The van der Waals surface area contributed by atoms with Gasteiger partial charge in [0.25, 0.3) is 5.91 Å². The average Bonchev–Trinajstić information content (AvgIpc) is 2.74. The lowest BCUT2D eigenvalue weighted by molar-refractivity contribution is 0.102. The molecule has 0 saturated heterocycles. The summed E-state index contributed by atoms with van der Waals surface area (Å²) < 4.78 is 11.1. The highest BCUT2D eigenvalue weighted by atomic mass is 16.5. The van der Waals surface area contributed by atoms with Gasteiger partial charge in [0.1, 0.15) is 23.0 Å². The summed E-state index contributed by atoms with van der Waals surface area (Å²) in [6.45, 7) is 4.39. The fraction of sp³-hybridized carbons (Fsp3) is 0.227. The van der Waals surface area contributed by atoms with E-state index in [2.05, 4.69) is 20.6 Å². The molecule has 0 fully saturated rings. The molecule has 2 aromatic carbocycles. The van der Waals surface area contributed by atoms with Crippen LogP contribution in [-0.2, 0) is 6.54 Å². The van der Waals surface area contributed by atoms with E-state index >= 15 is 0 Å². The maximum absolute atomic E-state index is 12.5. The first-order valence-electron chi connectivity index (χ1n) is 9.31. The van der Waals surface area contributed by atoms with Crippen molar-refractivity contribution in [2.24, 2.45) is 0 Å². The molecule has 150 valence electrons. The molecule has 3 rings (SSSR count). The van der Waals surface area contributed by atoms with Crippen LogP contribution in [0.5, 0.6) is 11.5 Å². The number of hydrogen-bond acceptors (Lipinski definition) is 6. The molecular weight excluding hydrogens is 368 g/mol. The zero-order valence-corrected chi connectivity index (χ0v) is 16.7. The number of rotatable bonds is 8. The SMILES string of the molecule is COc1ccccc1CNc1cnc(C(=O)Nc2ccccc2OC(C)C)cn1. The topological polar surface area (TPSA) is 85.4 Å². The number of amides is 1. The van der Waals surface area contributed by atoms with Crippen molar-refractivity contribution in [2.75, 3.05) is 17.7 Å². The van der Waals surface area contributed by atoms with Crippen molar-refractivity contribution in [1.29, 1.82) is 0 Å². The minimum atomic E-state index is -0.353. The number of benzene rings is 2. The second-order valence-electron chi connectivity index (χ2n) is 6.57. The Kier molecular flexibility index (Phi) is 6.63. The van der Waals surface area contributed by atoms with Gasteiger partial charge in [0.15, 0.2) is 0 Å². The quantitative estimate of drug-likeness (QED) is 0.599. The molecular formula is C22H24N4O3. The number of carbonyl (C=O) groups excluding carboxylic acids is 1. The first kappa shape index (κ1) is 20.1. The third-order valence-electron chi connectivity index (χ3n) is 4.03. The molecule has 0 unspecified atom stereocenters.